The second kappa shape index (κ2) is 7.68. The van der Waals surface area contributed by atoms with Crippen molar-refractivity contribution in [1.82, 2.24) is 4.98 Å². The predicted octanol–water partition coefficient (Wildman–Crippen LogP) is 6.12. The van der Waals surface area contributed by atoms with Gasteiger partial charge in [0.15, 0.2) is 10.6 Å². The highest BCUT2D eigenvalue weighted by atomic mass is 35.5. The van der Waals surface area contributed by atoms with Gasteiger partial charge in [0.1, 0.15) is 11.3 Å². The summed E-state index contributed by atoms with van der Waals surface area (Å²) in [4.78, 5) is 33.7. The molecule has 8 heteroatoms. The van der Waals surface area contributed by atoms with Crippen molar-refractivity contribution in [3.8, 4) is 5.75 Å². The van der Waals surface area contributed by atoms with Gasteiger partial charge >= 0.3 is 0 Å². The van der Waals surface area contributed by atoms with Crippen molar-refractivity contribution >= 4 is 55.2 Å². The number of carbonyl (C=O) groups is 1. The van der Waals surface area contributed by atoms with Crippen LogP contribution in [0.25, 0.3) is 21.2 Å². The van der Waals surface area contributed by atoms with Crippen LogP contribution in [0, 0.1) is 6.92 Å². The number of nitrogens with zero attached hydrogens (tertiary/aromatic N) is 2. The van der Waals surface area contributed by atoms with E-state index < -0.39 is 11.9 Å². The predicted molar refractivity (Wildman–Crippen MR) is 133 cm³/mol. The SMILES string of the molecule is COc1ccc(C2c3c(oc4ccc(Cl)cc4c3=O)C(=O)N2c2nc3ccc(C)cc3s2)cc1. The van der Waals surface area contributed by atoms with Crippen molar-refractivity contribution in [1.29, 1.82) is 0 Å². The molecule has 0 saturated heterocycles. The Balaban J connectivity index is 1.62. The second-order valence-corrected chi connectivity index (χ2v) is 9.58. The normalized spacial score (nSPS) is 15.3. The van der Waals surface area contributed by atoms with Crippen molar-refractivity contribution in [3.63, 3.8) is 0 Å². The molecule has 6 rings (SSSR count). The fraction of sp³-hybridized carbons (Fsp3) is 0.115. The minimum absolute atomic E-state index is 0.0241. The molecule has 0 fully saturated rings. The van der Waals surface area contributed by atoms with E-state index in [9.17, 15) is 9.59 Å². The van der Waals surface area contributed by atoms with E-state index >= 15 is 0 Å². The molecule has 0 bridgehead atoms. The molecule has 0 spiro atoms. The lowest BCUT2D eigenvalue weighted by Gasteiger charge is -2.22. The number of methoxy groups -OCH3 is 1. The van der Waals surface area contributed by atoms with Crippen LogP contribution in [-0.2, 0) is 0 Å². The number of ether oxygens (including phenoxy) is 1. The van der Waals surface area contributed by atoms with Gasteiger partial charge in [-0.05, 0) is 60.5 Å². The number of hydrogen-bond acceptors (Lipinski definition) is 6. The Morgan fingerprint density at radius 1 is 1.06 bits per heavy atom. The lowest BCUT2D eigenvalue weighted by Crippen LogP contribution is -2.29. The molecule has 34 heavy (non-hydrogen) atoms. The van der Waals surface area contributed by atoms with Gasteiger partial charge in [0.05, 0.1) is 34.3 Å². The smallest absolute Gasteiger partial charge is 0.297 e. The molecule has 3 aromatic carbocycles. The molecule has 6 nitrogen and oxygen atoms in total. The molecular formula is C26H17ClN2O4S. The number of anilines is 1. The molecule has 1 aliphatic rings. The number of amides is 1. The van der Waals surface area contributed by atoms with Crippen LogP contribution in [-0.4, -0.2) is 18.0 Å². The van der Waals surface area contributed by atoms with Crippen LogP contribution in [0.5, 0.6) is 5.75 Å². The third-order valence-electron chi connectivity index (χ3n) is 6.00. The Morgan fingerprint density at radius 2 is 1.85 bits per heavy atom. The van der Waals surface area contributed by atoms with Gasteiger partial charge in [-0.25, -0.2) is 4.98 Å². The highest BCUT2D eigenvalue weighted by Crippen LogP contribution is 2.44. The topological polar surface area (TPSA) is 72.6 Å². The molecule has 1 amide bonds. The lowest BCUT2D eigenvalue weighted by atomic mass is 9.98. The van der Waals surface area contributed by atoms with Crippen LogP contribution in [0.15, 0.2) is 69.9 Å². The van der Waals surface area contributed by atoms with E-state index in [0.717, 1.165) is 21.3 Å². The fourth-order valence-electron chi connectivity index (χ4n) is 4.37. The van der Waals surface area contributed by atoms with E-state index in [0.29, 0.717) is 26.9 Å². The Labute approximate surface area is 203 Å². The van der Waals surface area contributed by atoms with Crippen molar-refractivity contribution in [3.05, 3.63) is 98.4 Å². The van der Waals surface area contributed by atoms with E-state index in [2.05, 4.69) is 0 Å². The maximum absolute atomic E-state index is 13.7. The number of hydrogen-bond donors (Lipinski definition) is 0. The van der Waals surface area contributed by atoms with Crippen LogP contribution in [0.4, 0.5) is 5.13 Å². The molecular weight excluding hydrogens is 472 g/mol. The zero-order chi connectivity index (χ0) is 23.6. The van der Waals surface area contributed by atoms with Crippen molar-refractivity contribution in [2.75, 3.05) is 12.0 Å². The largest absolute Gasteiger partial charge is 0.497 e. The summed E-state index contributed by atoms with van der Waals surface area (Å²) in [6.07, 6.45) is 0. The molecule has 1 aliphatic heterocycles. The Hall–Kier alpha value is -3.68. The number of fused-ring (bicyclic) bond motifs is 3. The maximum Gasteiger partial charge on any atom is 0.297 e. The molecule has 0 aliphatic carbocycles. The molecule has 1 unspecified atom stereocenters. The van der Waals surface area contributed by atoms with E-state index in [1.54, 1.807) is 42.3 Å². The third-order valence-corrected chi connectivity index (χ3v) is 7.26. The first-order valence-electron chi connectivity index (χ1n) is 10.6. The van der Waals surface area contributed by atoms with Gasteiger partial charge < -0.3 is 9.15 Å². The van der Waals surface area contributed by atoms with E-state index in [-0.39, 0.29) is 16.8 Å². The van der Waals surface area contributed by atoms with Crippen LogP contribution >= 0.6 is 22.9 Å². The number of rotatable bonds is 3. The lowest BCUT2D eigenvalue weighted by molar-refractivity contribution is 0.0971. The number of benzene rings is 3. The fourth-order valence-corrected chi connectivity index (χ4v) is 5.63. The molecule has 1 atom stereocenters. The van der Waals surface area contributed by atoms with Gasteiger partial charge in [-0.2, -0.15) is 0 Å². The summed E-state index contributed by atoms with van der Waals surface area (Å²) < 4.78 is 12.3. The van der Waals surface area contributed by atoms with Crippen LogP contribution in [0.2, 0.25) is 5.02 Å². The molecule has 0 radical (unpaired) electrons. The number of aryl methyl sites for hydroxylation is 1. The summed E-state index contributed by atoms with van der Waals surface area (Å²) in [5, 5.41) is 1.25. The zero-order valence-corrected chi connectivity index (χ0v) is 19.7. The summed E-state index contributed by atoms with van der Waals surface area (Å²) in [6.45, 7) is 2.01. The summed E-state index contributed by atoms with van der Waals surface area (Å²) in [7, 11) is 1.59. The average molecular weight is 489 g/mol. The number of thiazole rings is 1. The van der Waals surface area contributed by atoms with Crippen molar-refractivity contribution < 1.29 is 13.9 Å². The van der Waals surface area contributed by atoms with Crippen molar-refractivity contribution in [2.24, 2.45) is 0 Å². The first-order valence-corrected chi connectivity index (χ1v) is 11.7. The van der Waals surface area contributed by atoms with Crippen molar-refractivity contribution in [2.45, 2.75) is 13.0 Å². The van der Waals surface area contributed by atoms with Crippen LogP contribution in [0.1, 0.15) is 33.3 Å². The highest BCUT2D eigenvalue weighted by molar-refractivity contribution is 7.22. The average Bonchev–Trinajstić information content (AvgIpc) is 3.38. The number of halogens is 1. The molecule has 5 aromatic rings. The maximum atomic E-state index is 13.7. The Bertz CT molecular complexity index is 1670. The zero-order valence-electron chi connectivity index (χ0n) is 18.2. The van der Waals surface area contributed by atoms with Gasteiger partial charge in [-0.1, -0.05) is 41.1 Å². The Kier molecular flexibility index (Phi) is 4.72. The molecule has 2 aromatic heterocycles. The van der Waals surface area contributed by atoms with Crippen LogP contribution < -0.4 is 15.1 Å². The highest BCUT2D eigenvalue weighted by Gasteiger charge is 2.45. The van der Waals surface area contributed by atoms with E-state index in [1.165, 1.54) is 11.3 Å². The van der Waals surface area contributed by atoms with E-state index in [1.807, 2.05) is 37.3 Å². The first-order chi connectivity index (χ1) is 16.4. The van der Waals surface area contributed by atoms with Crippen LogP contribution in [0.3, 0.4) is 0 Å². The van der Waals surface area contributed by atoms with Gasteiger partial charge in [0.25, 0.3) is 5.91 Å². The summed E-state index contributed by atoms with van der Waals surface area (Å²) >= 11 is 7.57. The molecule has 168 valence electrons. The summed E-state index contributed by atoms with van der Waals surface area (Å²) in [5.74, 6) is 0.296. The third kappa shape index (κ3) is 3.12. The summed E-state index contributed by atoms with van der Waals surface area (Å²) in [5.41, 5.74) is 2.95. The quantitative estimate of drug-likeness (QED) is 0.306. The number of carbonyl (C=O) groups excluding carboxylic acids is 1. The molecule has 0 saturated carbocycles. The minimum Gasteiger partial charge on any atom is -0.497 e. The second-order valence-electron chi connectivity index (χ2n) is 8.13. The van der Waals surface area contributed by atoms with Gasteiger partial charge in [-0.3, -0.25) is 14.5 Å². The minimum atomic E-state index is -0.699. The Morgan fingerprint density at radius 3 is 2.62 bits per heavy atom. The number of aromatic nitrogens is 1. The monoisotopic (exact) mass is 488 g/mol. The van der Waals surface area contributed by atoms with Gasteiger partial charge in [0, 0.05) is 5.02 Å². The van der Waals surface area contributed by atoms with E-state index in [4.69, 9.17) is 25.7 Å². The first kappa shape index (κ1) is 20.9. The molecule has 3 heterocycles. The molecule has 0 N–H and O–H groups in total. The standard InChI is InChI=1S/C26H17ClN2O4S/c1-13-3-9-18-20(11-13)34-26(28-18)29-22(14-4-7-16(32-2)8-5-14)21-23(30)17-12-15(27)6-10-19(17)33-24(21)25(29)31/h3-12,22H,1-2H3. The van der Waals surface area contributed by atoms with Gasteiger partial charge in [-0.15, -0.1) is 0 Å². The summed E-state index contributed by atoms with van der Waals surface area (Å²) in [6, 6.07) is 17.4. The van der Waals surface area contributed by atoms with Gasteiger partial charge in [0.2, 0.25) is 5.76 Å².